The molecule has 0 aromatic heterocycles. The molecule has 4 rings (SSSR count). The van der Waals surface area contributed by atoms with Crippen molar-refractivity contribution in [2.45, 2.75) is 0 Å². The van der Waals surface area contributed by atoms with Crippen LogP contribution in [0.2, 0.25) is 0 Å². The molecule has 9 nitrogen and oxygen atoms in total. The van der Waals surface area contributed by atoms with E-state index >= 15 is 0 Å². The van der Waals surface area contributed by atoms with E-state index in [1.165, 1.54) is 18.2 Å². The van der Waals surface area contributed by atoms with Gasteiger partial charge in [0.05, 0.1) is 22.2 Å². The smallest absolute Gasteiger partial charge is 0.282 e. The van der Waals surface area contributed by atoms with E-state index in [2.05, 4.69) is 21.4 Å². The number of benzene rings is 2. The lowest BCUT2D eigenvalue weighted by molar-refractivity contribution is -0.385. The number of carbonyl (C=O) groups is 2. The summed E-state index contributed by atoms with van der Waals surface area (Å²) in [4.78, 5) is 35.7. The molecule has 0 saturated carbocycles. The molecule has 0 atom stereocenters. The molecular formula is C17H10BrN3O6. The second-order valence-electron chi connectivity index (χ2n) is 5.64. The number of hydrogen-bond donors (Lipinski definition) is 1. The number of fused-ring (bicyclic) bond motifs is 1. The van der Waals surface area contributed by atoms with E-state index in [9.17, 15) is 19.7 Å². The number of amides is 2. The number of nitro groups is 1. The van der Waals surface area contributed by atoms with E-state index in [1.54, 1.807) is 24.3 Å². The maximum absolute atomic E-state index is 12.7. The summed E-state index contributed by atoms with van der Waals surface area (Å²) in [6.07, 6.45) is 1.18. The zero-order valence-electron chi connectivity index (χ0n) is 13.5. The van der Waals surface area contributed by atoms with Gasteiger partial charge in [-0.05, 0) is 36.4 Å². The van der Waals surface area contributed by atoms with Crippen molar-refractivity contribution in [1.29, 1.82) is 0 Å². The molecule has 0 aliphatic carbocycles. The first-order chi connectivity index (χ1) is 12.9. The van der Waals surface area contributed by atoms with Gasteiger partial charge >= 0.3 is 0 Å². The summed E-state index contributed by atoms with van der Waals surface area (Å²) in [7, 11) is 0. The maximum Gasteiger partial charge on any atom is 0.282 e. The SMILES string of the molecule is O=C1NN(c2ccc(Br)cc2)C(=O)/C1=C\c1cc2c(cc1[N+](=O)[O-])OCO2. The van der Waals surface area contributed by atoms with Crippen molar-refractivity contribution in [3.63, 3.8) is 0 Å². The fourth-order valence-corrected chi connectivity index (χ4v) is 2.97. The molecule has 2 heterocycles. The molecule has 2 aromatic carbocycles. The Morgan fingerprint density at radius 2 is 1.81 bits per heavy atom. The number of hydrazine groups is 1. The Bertz CT molecular complexity index is 1020. The third-order valence-corrected chi connectivity index (χ3v) is 4.52. The molecule has 136 valence electrons. The molecule has 27 heavy (non-hydrogen) atoms. The highest BCUT2D eigenvalue weighted by molar-refractivity contribution is 9.10. The summed E-state index contributed by atoms with van der Waals surface area (Å²) in [6, 6.07) is 9.32. The Morgan fingerprint density at radius 1 is 1.15 bits per heavy atom. The number of nitrogens with one attached hydrogen (secondary N) is 1. The number of nitrogens with zero attached hydrogens (tertiary/aromatic N) is 2. The summed E-state index contributed by atoms with van der Waals surface area (Å²) in [6.45, 7) is -0.0523. The van der Waals surface area contributed by atoms with E-state index in [-0.39, 0.29) is 29.4 Å². The van der Waals surface area contributed by atoms with Crippen molar-refractivity contribution in [3.05, 3.63) is 62.1 Å². The monoisotopic (exact) mass is 431 g/mol. The van der Waals surface area contributed by atoms with Crippen LogP contribution in [0, 0.1) is 10.1 Å². The summed E-state index contributed by atoms with van der Waals surface area (Å²) in [5.41, 5.74) is 2.46. The fourth-order valence-electron chi connectivity index (χ4n) is 2.71. The predicted octanol–water partition coefficient (Wildman–Crippen LogP) is 2.55. The molecule has 0 radical (unpaired) electrons. The van der Waals surface area contributed by atoms with Crippen LogP contribution >= 0.6 is 15.9 Å². The Morgan fingerprint density at radius 3 is 2.48 bits per heavy atom. The van der Waals surface area contributed by atoms with Crippen molar-refractivity contribution in [1.82, 2.24) is 5.43 Å². The zero-order chi connectivity index (χ0) is 19.1. The molecule has 0 spiro atoms. The van der Waals surface area contributed by atoms with Crippen LogP contribution in [0.5, 0.6) is 11.5 Å². The van der Waals surface area contributed by atoms with Gasteiger partial charge in [-0.3, -0.25) is 25.1 Å². The first kappa shape index (κ1) is 17.0. The molecule has 1 N–H and O–H groups in total. The quantitative estimate of drug-likeness (QED) is 0.346. The van der Waals surface area contributed by atoms with Crippen molar-refractivity contribution in [2.24, 2.45) is 0 Å². The molecule has 2 aromatic rings. The number of ether oxygens (including phenoxy) is 2. The number of anilines is 1. The van der Waals surface area contributed by atoms with Crippen molar-refractivity contribution in [2.75, 3.05) is 11.8 Å². The average Bonchev–Trinajstić information content (AvgIpc) is 3.20. The maximum atomic E-state index is 12.7. The van der Waals surface area contributed by atoms with Gasteiger partial charge in [-0.2, -0.15) is 0 Å². The molecule has 0 bridgehead atoms. The lowest BCUT2D eigenvalue weighted by atomic mass is 10.1. The second-order valence-corrected chi connectivity index (χ2v) is 6.55. The molecule has 2 aliphatic rings. The zero-order valence-corrected chi connectivity index (χ0v) is 15.1. The largest absolute Gasteiger partial charge is 0.454 e. The van der Waals surface area contributed by atoms with Crippen LogP contribution < -0.4 is 19.9 Å². The van der Waals surface area contributed by atoms with Crippen LogP contribution in [0.4, 0.5) is 11.4 Å². The van der Waals surface area contributed by atoms with Crippen LogP contribution in [0.25, 0.3) is 6.08 Å². The summed E-state index contributed by atoms with van der Waals surface area (Å²) >= 11 is 3.30. The molecule has 0 unspecified atom stereocenters. The highest BCUT2D eigenvalue weighted by Gasteiger charge is 2.35. The highest BCUT2D eigenvalue weighted by atomic mass is 79.9. The molecule has 1 fully saturated rings. The van der Waals surface area contributed by atoms with Crippen LogP contribution in [0.3, 0.4) is 0 Å². The van der Waals surface area contributed by atoms with Gasteiger partial charge in [-0.1, -0.05) is 15.9 Å². The van der Waals surface area contributed by atoms with Crippen molar-refractivity contribution < 1.29 is 24.0 Å². The van der Waals surface area contributed by atoms with E-state index in [4.69, 9.17) is 9.47 Å². The van der Waals surface area contributed by atoms with E-state index in [1.807, 2.05) is 0 Å². The first-order valence-corrected chi connectivity index (χ1v) is 8.44. The Kier molecular flexibility index (Phi) is 4.04. The number of hydrogen-bond acceptors (Lipinski definition) is 6. The normalized spacial score (nSPS) is 16.8. The van der Waals surface area contributed by atoms with Crippen molar-refractivity contribution in [3.8, 4) is 11.5 Å². The number of nitro benzene ring substituents is 1. The minimum absolute atomic E-state index is 0.0523. The number of halogens is 1. The first-order valence-electron chi connectivity index (χ1n) is 7.65. The number of carbonyl (C=O) groups excluding carboxylic acids is 2. The second kappa shape index (κ2) is 6.40. The number of rotatable bonds is 3. The predicted molar refractivity (Wildman–Crippen MR) is 97.0 cm³/mol. The van der Waals surface area contributed by atoms with Gasteiger partial charge < -0.3 is 9.47 Å². The van der Waals surface area contributed by atoms with Crippen LogP contribution in [-0.4, -0.2) is 23.5 Å². The summed E-state index contributed by atoms with van der Waals surface area (Å²) in [5.74, 6) is -0.727. The van der Waals surface area contributed by atoms with Gasteiger partial charge in [0.15, 0.2) is 11.5 Å². The summed E-state index contributed by atoms with van der Waals surface area (Å²) < 4.78 is 11.2. The minimum Gasteiger partial charge on any atom is -0.454 e. The molecule has 10 heteroatoms. The van der Waals surface area contributed by atoms with Crippen LogP contribution in [0.1, 0.15) is 5.56 Å². The van der Waals surface area contributed by atoms with Crippen molar-refractivity contribution >= 4 is 45.2 Å². The van der Waals surface area contributed by atoms with Gasteiger partial charge in [0.2, 0.25) is 6.79 Å². The molecule has 2 amide bonds. The topological polar surface area (TPSA) is 111 Å². The molecule has 2 aliphatic heterocycles. The lowest BCUT2D eigenvalue weighted by Crippen LogP contribution is -2.35. The standard InChI is InChI=1S/C17H10BrN3O6/c18-10-1-3-11(4-2-10)20-17(23)12(16(22)19-20)5-9-6-14-15(27-8-26-14)7-13(9)21(24)25/h1-7H,8H2,(H,19,22)/b12-5-. The van der Waals surface area contributed by atoms with Gasteiger partial charge in [-0.15, -0.1) is 0 Å². The van der Waals surface area contributed by atoms with E-state index in [0.29, 0.717) is 11.4 Å². The van der Waals surface area contributed by atoms with E-state index in [0.717, 1.165) is 9.48 Å². The fraction of sp³-hybridized carbons (Fsp3) is 0.0588. The lowest BCUT2D eigenvalue weighted by Gasteiger charge is -2.14. The third-order valence-electron chi connectivity index (χ3n) is 3.99. The Hall–Kier alpha value is -3.40. The Balaban J connectivity index is 1.74. The minimum atomic E-state index is -0.658. The molecular weight excluding hydrogens is 422 g/mol. The van der Waals surface area contributed by atoms with Gasteiger partial charge in [0.1, 0.15) is 5.57 Å². The molecule has 1 saturated heterocycles. The Labute approximate surface area is 160 Å². The van der Waals surface area contributed by atoms with Crippen LogP contribution in [0.15, 0.2) is 46.4 Å². The highest BCUT2D eigenvalue weighted by Crippen LogP contribution is 2.39. The third kappa shape index (κ3) is 2.99. The van der Waals surface area contributed by atoms with Gasteiger partial charge in [0, 0.05) is 4.47 Å². The van der Waals surface area contributed by atoms with Crippen LogP contribution in [-0.2, 0) is 9.59 Å². The average molecular weight is 432 g/mol. The van der Waals surface area contributed by atoms with E-state index < -0.39 is 16.7 Å². The van der Waals surface area contributed by atoms with Gasteiger partial charge in [0.25, 0.3) is 17.5 Å². The van der Waals surface area contributed by atoms with Gasteiger partial charge in [-0.25, -0.2) is 5.01 Å². The summed E-state index contributed by atoms with van der Waals surface area (Å²) in [5, 5.41) is 12.4.